The molecular formula is C30H16F2N4S. The van der Waals surface area contributed by atoms with Gasteiger partial charge in [0.25, 0.3) is 0 Å². The van der Waals surface area contributed by atoms with Gasteiger partial charge in [-0.3, -0.25) is 0 Å². The zero-order chi connectivity index (χ0) is 26.7. The quantitative estimate of drug-likeness (QED) is 0.243. The van der Waals surface area contributed by atoms with Crippen LogP contribution < -0.4 is 0 Å². The van der Waals surface area contributed by atoms with Gasteiger partial charge in [0.2, 0.25) is 0 Å². The van der Waals surface area contributed by atoms with Crippen molar-refractivity contribution in [2.24, 2.45) is 0 Å². The van der Waals surface area contributed by atoms with E-state index in [4.69, 9.17) is 0 Å². The molecule has 4 aromatic carbocycles. The van der Waals surface area contributed by atoms with Gasteiger partial charge in [0.05, 0.1) is 22.3 Å². The van der Waals surface area contributed by atoms with Crippen molar-refractivity contribution in [1.29, 1.82) is 21.0 Å². The summed E-state index contributed by atoms with van der Waals surface area (Å²) < 4.78 is 30.2. The summed E-state index contributed by atoms with van der Waals surface area (Å²) in [6, 6.07) is 24.3. The molecule has 0 bridgehead atoms. The molecule has 0 N–H and O–H groups in total. The molecule has 5 rings (SSSR count). The molecule has 0 amide bonds. The lowest BCUT2D eigenvalue weighted by molar-refractivity contribution is 0.620. The van der Waals surface area contributed by atoms with Crippen LogP contribution in [-0.4, -0.2) is 0 Å². The molecule has 0 saturated heterocycles. The van der Waals surface area contributed by atoms with E-state index in [2.05, 4.69) is 0 Å². The zero-order valence-corrected chi connectivity index (χ0v) is 20.5. The molecule has 4 nitrogen and oxygen atoms in total. The molecule has 5 aromatic rings. The van der Waals surface area contributed by atoms with Gasteiger partial charge in [-0.05, 0) is 58.7 Å². The van der Waals surface area contributed by atoms with Gasteiger partial charge in [-0.15, -0.1) is 11.3 Å². The van der Waals surface area contributed by atoms with Gasteiger partial charge in [-0.2, -0.15) is 21.0 Å². The maximum absolute atomic E-state index is 14.2. The normalized spacial score (nSPS) is 10.1. The van der Waals surface area contributed by atoms with E-state index < -0.39 is 11.6 Å². The van der Waals surface area contributed by atoms with Gasteiger partial charge < -0.3 is 0 Å². The molecule has 0 atom stereocenters. The fourth-order valence-corrected chi connectivity index (χ4v) is 5.23. The summed E-state index contributed by atoms with van der Waals surface area (Å²) in [7, 11) is 0. The topological polar surface area (TPSA) is 95.2 Å². The van der Waals surface area contributed by atoms with Crippen molar-refractivity contribution in [3.8, 4) is 46.5 Å². The lowest BCUT2D eigenvalue weighted by Gasteiger charge is -2.06. The van der Waals surface area contributed by atoms with E-state index in [1.165, 1.54) is 35.6 Å². The van der Waals surface area contributed by atoms with Crippen LogP contribution in [0.15, 0.2) is 60.7 Å². The van der Waals surface area contributed by atoms with Gasteiger partial charge >= 0.3 is 0 Å². The highest BCUT2D eigenvalue weighted by Crippen LogP contribution is 2.39. The number of hydrogen-bond acceptors (Lipinski definition) is 5. The summed E-state index contributed by atoms with van der Waals surface area (Å²) in [5.74, 6) is -1.65. The second-order valence-corrected chi connectivity index (χ2v) is 8.83. The van der Waals surface area contributed by atoms with Crippen molar-refractivity contribution in [3.63, 3.8) is 0 Å². The maximum atomic E-state index is 14.2. The van der Waals surface area contributed by atoms with E-state index in [9.17, 15) is 29.8 Å². The van der Waals surface area contributed by atoms with Crippen molar-refractivity contribution in [2.75, 3.05) is 0 Å². The smallest absolute Gasteiger partial charge is 0.158 e. The summed E-state index contributed by atoms with van der Waals surface area (Å²) in [5.41, 5.74) is 1.88. The van der Waals surface area contributed by atoms with Crippen molar-refractivity contribution in [3.05, 3.63) is 94.6 Å². The second kappa shape index (κ2) is 10.3. The van der Waals surface area contributed by atoms with Crippen LogP contribution in [0.4, 0.5) is 8.78 Å². The number of nitrogens with zero attached hydrogens (tertiary/aromatic N) is 4. The lowest BCUT2D eigenvalue weighted by Crippen LogP contribution is -1.92. The predicted molar refractivity (Wildman–Crippen MR) is 140 cm³/mol. The molecule has 0 aliphatic rings. The maximum Gasteiger partial charge on any atom is 0.158 e. The SMILES string of the molecule is CC.N#Cc1cc(-c2ccc3c(c2)sc2cc(-c4cc(C#N)c(F)c(C#N)c4)ccc23)cc(C#N)c1F. The number of nitriles is 4. The Balaban J connectivity index is 0.00000156. The molecule has 0 aliphatic carbocycles. The van der Waals surface area contributed by atoms with Crippen molar-refractivity contribution >= 4 is 31.5 Å². The first kappa shape index (κ1) is 25.0. The van der Waals surface area contributed by atoms with Crippen LogP contribution >= 0.6 is 11.3 Å². The van der Waals surface area contributed by atoms with Crippen molar-refractivity contribution < 1.29 is 8.78 Å². The molecule has 0 radical (unpaired) electrons. The van der Waals surface area contributed by atoms with Gasteiger partial charge in [0.15, 0.2) is 11.6 Å². The summed E-state index contributed by atoms with van der Waals surface area (Å²) in [5, 5.41) is 38.9. The van der Waals surface area contributed by atoms with Crippen LogP contribution in [0.5, 0.6) is 0 Å². The Morgan fingerprint density at radius 3 is 1.14 bits per heavy atom. The van der Waals surface area contributed by atoms with Crippen LogP contribution in [0.2, 0.25) is 0 Å². The number of fused-ring (bicyclic) bond motifs is 3. The molecule has 1 heterocycles. The van der Waals surface area contributed by atoms with Crippen LogP contribution in [0.1, 0.15) is 36.1 Å². The fourth-order valence-electron chi connectivity index (χ4n) is 4.04. The summed E-state index contributed by atoms with van der Waals surface area (Å²) in [4.78, 5) is 0. The summed E-state index contributed by atoms with van der Waals surface area (Å²) in [6.45, 7) is 4.00. The number of thiophene rings is 1. The molecule has 7 heteroatoms. The minimum absolute atomic E-state index is 0.187. The highest BCUT2D eigenvalue weighted by Gasteiger charge is 2.15. The Morgan fingerprint density at radius 2 is 0.838 bits per heavy atom. The number of rotatable bonds is 2. The first-order valence-corrected chi connectivity index (χ1v) is 12.0. The largest absolute Gasteiger partial charge is 0.204 e. The number of hydrogen-bond donors (Lipinski definition) is 0. The Labute approximate surface area is 216 Å². The van der Waals surface area contributed by atoms with E-state index in [1.54, 1.807) is 24.3 Å². The molecule has 0 spiro atoms. The molecule has 176 valence electrons. The van der Waals surface area contributed by atoms with E-state index >= 15 is 0 Å². The fraction of sp³-hybridized carbons (Fsp3) is 0.0667. The van der Waals surface area contributed by atoms with Crippen LogP contribution in [0.25, 0.3) is 42.4 Å². The zero-order valence-electron chi connectivity index (χ0n) is 19.7. The third-order valence-electron chi connectivity index (χ3n) is 5.77. The summed E-state index contributed by atoms with van der Waals surface area (Å²) in [6.07, 6.45) is 0. The second-order valence-electron chi connectivity index (χ2n) is 7.74. The molecule has 37 heavy (non-hydrogen) atoms. The Morgan fingerprint density at radius 1 is 0.514 bits per heavy atom. The standard InChI is InChI=1S/C28H10F2N4S.C2H6/c29-27-19(11-31)5-17(6-20(27)12-32)15-1-3-23-24-4-2-16(10-26(24)35-25(23)9-15)18-7-21(13-33)28(30)22(8-18)14-34;1-2/h1-10H;1-2H3. The molecule has 0 fully saturated rings. The Bertz CT molecular complexity index is 1670. The molecule has 0 unspecified atom stereocenters. The molecule has 1 aromatic heterocycles. The van der Waals surface area contributed by atoms with Crippen molar-refractivity contribution in [1.82, 2.24) is 0 Å². The van der Waals surface area contributed by atoms with Crippen molar-refractivity contribution in [2.45, 2.75) is 13.8 Å². The Hall–Kier alpha value is -5.08. The average molecular weight is 503 g/mol. The van der Waals surface area contributed by atoms with Gasteiger partial charge in [-0.25, -0.2) is 8.78 Å². The van der Waals surface area contributed by atoms with E-state index in [1.807, 2.05) is 50.2 Å². The highest BCUT2D eigenvalue weighted by atomic mass is 32.1. The molecular weight excluding hydrogens is 486 g/mol. The van der Waals surface area contributed by atoms with Gasteiger partial charge in [0.1, 0.15) is 24.3 Å². The van der Waals surface area contributed by atoms with E-state index in [0.29, 0.717) is 11.1 Å². The lowest BCUT2D eigenvalue weighted by atomic mass is 9.97. The third kappa shape index (κ3) is 4.37. The monoisotopic (exact) mass is 502 g/mol. The summed E-state index contributed by atoms with van der Waals surface area (Å²) >= 11 is 1.52. The number of halogens is 2. The van der Waals surface area contributed by atoms with Gasteiger partial charge in [-0.1, -0.05) is 38.1 Å². The van der Waals surface area contributed by atoms with Crippen LogP contribution in [0, 0.1) is 57.0 Å². The van der Waals surface area contributed by atoms with Crippen LogP contribution in [0.3, 0.4) is 0 Å². The highest BCUT2D eigenvalue weighted by molar-refractivity contribution is 7.25. The van der Waals surface area contributed by atoms with Gasteiger partial charge in [0, 0.05) is 20.2 Å². The third-order valence-corrected chi connectivity index (χ3v) is 6.88. The first-order valence-electron chi connectivity index (χ1n) is 11.2. The van der Waals surface area contributed by atoms with E-state index in [-0.39, 0.29) is 22.3 Å². The minimum Gasteiger partial charge on any atom is -0.204 e. The Kier molecular flexibility index (Phi) is 6.95. The van der Waals surface area contributed by atoms with Crippen LogP contribution in [-0.2, 0) is 0 Å². The molecule has 0 saturated carbocycles. The average Bonchev–Trinajstić information content (AvgIpc) is 3.31. The molecule has 0 aliphatic heterocycles. The number of benzene rings is 4. The first-order chi connectivity index (χ1) is 18.0. The van der Waals surface area contributed by atoms with E-state index in [0.717, 1.165) is 31.3 Å². The minimum atomic E-state index is -0.825. The predicted octanol–water partition coefficient (Wildman–Crippen LogP) is 8.18.